The molecule has 0 fully saturated rings. The Kier molecular flexibility index (Phi) is 6.22. The summed E-state index contributed by atoms with van der Waals surface area (Å²) in [5, 5.41) is 13.5. The first-order chi connectivity index (χ1) is 13.4. The van der Waals surface area contributed by atoms with E-state index in [1.165, 1.54) is 24.9 Å². The predicted octanol–water partition coefficient (Wildman–Crippen LogP) is 4.94. The van der Waals surface area contributed by atoms with E-state index in [-0.39, 0.29) is 17.3 Å². The fourth-order valence-corrected chi connectivity index (χ4v) is 4.50. The number of nitrogens with one attached hydrogen (secondary N) is 1. The van der Waals surface area contributed by atoms with Gasteiger partial charge in [-0.1, -0.05) is 39.8 Å². The summed E-state index contributed by atoms with van der Waals surface area (Å²) in [4.78, 5) is 24.8. The third-order valence-corrected chi connectivity index (χ3v) is 5.86. The molecule has 0 saturated heterocycles. The molecule has 1 aromatic carbocycles. The molecule has 142 valence electrons. The third kappa shape index (κ3) is 4.13. The van der Waals surface area contributed by atoms with Crippen molar-refractivity contribution < 1.29 is 14.0 Å². The van der Waals surface area contributed by atoms with Crippen molar-refractivity contribution in [1.29, 1.82) is 5.26 Å². The average Bonchev–Trinajstić information content (AvgIpc) is 3.19. The second-order valence-electron chi connectivity index (χ2n) is 6.25. The lowest BCUT2D eigenvalue weighted by atomic mass is 9.84. The molecule has 5 nitrogen and oxygen atoms in total. The van der Waals surface area contributed by atoms with Crippen molar-refractivity contribution in [2.75, 3.05) is 5.75 Å². The second kappa shape index (κ2) is 8.63. The fraction of sp³-hybridized carbons (Fsp3) is 0.190. The first-order valence-corrected chi connectivity index (χ1v) is 10.3. The summed E-state index contributed by atoms with van der Waals surface area (Å²) in [7, 11) is 0. The molecule has 2 heterocycles. The van der Waals surface area contributed by atoms with Crippen LogP contribution in [-0.4, -0.2) is 17.3 Å². The first-order valence-electron chi connectivity index (χ1n) is 8.50. The molecule has 1 aliphatic heterocycles. The molecular formula is C21H17BrN2O3S. The monoisotopic (exact) mass is 456 g/mol. The molecule has 1 atom stereocenters. The number of allylic oxidation sites excluding steroid dienone is 3. The maximum Gasteiger partial charge on any atom is 0.173 e. The van der Waals surface area contributed by atoms with Crippen molar-refractivity contribution >= 4 is 39.3 Å². The molecule has 1 aromatic heterocycles. The van der Waals surface area contributed by atoms with E-state index in [0.29, 0.717) is 33.2 Å². The molecule has 0 saturated carbocycles. The summed E-state index contributed by atoms with van der Waals surface area (Å²) in [6, 6.07) is 12.9. The standard InChI is InChI=1S/C21H17BrN2O3S/c1-12-19(13(2)25)20(18-7-4-8-27-18)16(10-23)21(24-12)28-11-17(26)14-5-3-6-15(22)9-14/h3-9,20,24H,11H2,1-2H3/t20-/m1/s1. The summed E-state index contributed by atoms with van der Waals surface area (Å²) in [5.74, 6) is -0.0709. The minimum atomic E-state index is -0.581. The fourth-order valence-electron chi connectivity index (χ4n) is 3.12. The minimum absolute atomic E-state index is 0.0496. The van der Waals surface area contributed by atoms with Gasteiger partial charge in [0.2, 0.25) is 0 Å². The number of benzene rings is 1. The van der Waals surface area contributed by atoms with Gasteiger partial charge in [-0.05, 0) is 38.1 Å². The van der Waals surface area contributed by atoms with Gasteiger partial charge in [-0.3, -0.25) is 9.59 Å². The Balaban J connectivity index is 1.91. The SMILES string of the molecule is CC(=O)C1=C(C)NC(SCC(=O)c2cccc(Br)c2)=C(C#N)[C@@H]1c1ccco1. The second-order valence-corrected chi connectivity index (χ2v) is 8.15. The van der Waals surface area contributed by atoms with E-state index in [2.05, 4.69) is 27.3 Å². The number of nitrogens with zero attached hydrogens (tertiary/aromatic N) is 1. The number of carbonyl (C=O) groups is 2. The van der Waals surface area contributed by atoms with Crippen LogP contribution in [0.15, 0.2) is 73.4 Å². The van der Waals surface area contributed by atoms with E-state index in [0.717, 1.165) is 4.47 Å². The number of carbonyl (C=O) groups excluding carboxylic acids is 2. The van der Waals surface area contributed by atoms with E-state index in [9.17, 15) is 14.9 Å². The van der Waals surface area contributed by atoms with Crippen LogP contribution in [0.4, 0.5) is 0 Å². The third-order valence-electron chi connectivity index (χ3n) is 4.35. The number of nitriles is 1. The minimum Gasteiger partial charge on any atom is -0.468 e. The van der Waals surface area contributed by atoms with E-state index in [4.69, 9.17) is 4.42 Å². The molecular weight excluding hydrogens is 440 g/mol. The number of dihydropyridines is 1. The average molecular weight is 457 g/mol. The van der Waals surface area contributed by atoms with Crippen LogP contribution in [0.3, 0.4) is 0 Å². The van der Waals surface area contributed by atoms with Gasteiger partial charge < -0.3 is 9.73 Å². The smallest absolute Gasteiger partial charge is 0.173 e. The number of thioether (sulfide) groups is 1. The van der Waals surface area contributed by atoms with Crippen LogP contribution in [0.5, 0.6) is 0 Å². The zero-order valence-electron chi connectivity index (χ0n) is 15.3. The summed E-state index contributed by atoms with van der Waals surface area (Å²) in [6.07, 6.45) is 1.52. The molecule has 0 spiro atoms. The molecule has 0 amide bonds. The molecule has 1 N–H and O–H groups in total. The summed E-state index contributed by atoms with van der Waals surface area (Å²) in [6.45, 7) is 3.26. The van der Waals surface area contributed by atoms with Crippen LogP contribution in [0.2, 0.25) is 0 Å². The van der Waals surface area contributed by atoms with Gasteiger partial charge in [-0.25, -0.2) is 0 Å². The molecule has 0 radical (unpaired) electrons. The lowest BCUT2D eigenvalue weighted by molar-refractivity contribution is -0.113. The zero-order chi connectivity index (χ0) is 20.3. The summed E-state index contributed by atoms with van der Waals surface area (Å²) >= 11 is 4.62. The highest BCUT2D eigenvalue weighted by Gasteiger charge is 2.34. The van der Waals surface area contributed by atoms with Gasteiger partial charge in [0.15, 0.2) is 11.6 Å². The molecule has 1 aliphatic rings. The van der Waals surface area contributed by atoms with Gasteiger partial charge in [0.25, 0.3) is 0 Å². The van der Waals surface area contributed by atoms with Gasteiger partial charge in [0, 0.05) is 21.3 Å². The molecule has 0 unspecified atom stereocenters. The highest BCUT2D eigenvalue weighted by atomic mass is 79.9. The lowest BCUT2D eigenvalue weighted by Crippen LogP contribution is -2.27. The van der Waals surface area contributed by atoms with E-state index < -0.39 is 5.92 Å². The number of Topliss-reactive ketones (excluding diaryl/α,β-unsaturated/α-hetero) is 2. The maximum absolute atomic E-state index is 12.5. The van der Waals surface area contributed by atoms with Gasteiger partial charge in [-0.2, -0.15) is 5.26 Å². The summed E-state index contributed by atoms with van der Waals surface area (Å²) in [5.41, 5.74) is 2.12. The van der Waals surface area contributed by atoms with Crippen LogP contribution in [0.25, 0.3) is 0 Å². The van der Waals surface area contributed by atoms with Crippen molar-refractivity contribution in [3.8, 4) is 6.07 Å². The number of rotatable bonds is 6. The molecule has 0 aliphatic carbocycles. The Morgan fingerprint density at radius 3 is 2.71 bits per heavy atom. The summed E-state index contributed by atoms with van der Waals surface area (Å²) < 4.78 is 6.34. The van der Waals surface area contributed by atoms with Crippen molar-refractivity contribution in [2.24, 2.45) is 0 Å². The molecule has 3 rings (SSSR count). The van der Waals surface area contributed by atoms with E-state index >= 15 is 0 Å². The van der Waals surface area contributed by atoms with Crippen LogP contribution >= 0.6 is 27.7 Å². The van der Waals surface area contributed by atoms with Crippen molar-refractivity contribution in [3.05, 3.63) is 80.3 Å². The topological polar surface area (TPSA) is 83.1 Å². The largest absolute Gasteiger partial charge is 0.468 e. The van der Waals surface area contributed by atoms with Crippen molar-refractivity contribution in [2.45, 2.75) is 19.8 Å². The zero-order valence-corrected chi connectivity index (χ0v) is 17.7. The molecule has 28 heavy (non-hydrogen) atoms. The Morgan fingerprint density at radius 1 is 1.32 bits per heavy atom. The Labute approximate surface area is 175 Å². The quantitative estimate of drug-likeness (QED) is 0.619. The number of halogens is 1. The van der Waals surface area contributed by atoms with Crippen molar-refractivity contribution in [1.82, 2.24) is 5.32 Å². The Morgan fingerprint density at radius 2 is 2.11 bits per heavy atom. The van der Waals surface area contributed by atoms with Crippen LogP contribution in [0, 0.1) is 11.3 Å². The van der Waals surface area contributed by atoms with E-state index in [1.54, 1.807) is 37.3 Å². The van der Waals surface area contributed by atoms with Gasteiger partial charge in [0.1, 0.15) is 5.76 Å². The number of furan rings is 1. The maximum atomic E-state index is 12.5. The van der Waals surface area contributed by atoms with Crippen LogP contribution < -0.4 is 5.32 Å². The number of hydrogen-bond acceptors (Lipinski definition) is 6. The van der Waals surface area contributed by atoms with Gasteiger partial charge >= 0.3 is 0 Å². The molecule has 7 heteroatoms. The Hall–Kier alpha value is -2.56. The normalized spacial score (nSPS) is 16.6. The van der Waals surface area contributed by atoms with Crippen LogP contribution in [-0.2, 0) is 4.79 Å². The lowest BCUT2D eigenvalue weighted by Gasteiger charge is -2.27. The van der Waals surface area contributed by atoms with Crippen LogP contribution in [0.1, 0.15) is 35.9 Å². The number of ketones is 2. The predicted molar refractivity (Wildman–Crippen MR) is 112 cm³/mol. The van der Waals surface area contributed by atoms with Crippen molar-refractivity contribution in [3.63, 3.8) is 0 Å². The first kappa shape index (κ1) is 20.2. The molecule has 2 aromatic rings. The van der Waals surface area contributed by atoms with Gasteiger partial charge in [-0.15, -0.1) is 0 Å². The molecule has 0 bridgehead atoms. The number of hydrogen-bond donors (Lipinski definition) is 1. The highest BCUT2D eigenvalue weighted by molar-refractivity contribution is 9.10. The highest BCUT2D eigenvalue weighted by Crippen LogP contribution is 2.41. The van der Waals surface area contributed by atoms with E-state index in [1.807, 2.05) is 6.07 Å². The Bertz CT molecular complexity index is 1030. The van der Waals surface area contributed by atoms with Gasteiger partial charge in [0.05, 0.1) is 34.6 Å².